The zero-order chi connectivity index (χ0) is 14.7. The second-order valence-corrected chi connectivity index (χ2v) is 4.57. The fourth-order valence-corrected chi connectivity index (χ4v) is 2.05. The molecule has 0 aliphatic heterocycles. The molecule has 2 rings (SSSR count). The average Bonchev–Trinajstić information content (AvgIpc) is 3.04. The van der Waals surface area contributed by atoms with Crippen molar-refractivity contribution >= 4 is 5.78 Å². The minimum Gasteiger partial charge on any atom is -0.493 e. The van der Waals surface area contributed by atoms with Gasteiger partial charge >= 0.3 is 0 Å². The van der Waals surface area contributed by atoms with Crippen LogP contribution in [0.25, 0.3) is 0 Å². The second-order valence-electron chi connectivity index (χ2n) is 4.57. The van der Waals surface area contributed by atoms with E-state index < -0.39 is 6.04 Å². The van der Waals surface area contributed by atoms with Crippen molar-refractivity contribution in [2.75, 3.05) is 7.11 Å². The van der Waals surface area contributed by atoms with Crippen LogP contribution in [0.15, 0.2) is 18.6 Å². The van der Waals surface area contributed by atoms with Gasteiger partial charge in [-0.05, 0) is 6.42 Å². The summed E-state index contributed by atoms with van der Waals surface area (Å²) in [4.78, 5) is 12.6. The maximum Gasteiger partial charge on any atom is 0.205 e. The Morgan fingerprint density at radius 2 is 2.20 bits per heavy atom. The number of methoxy groups -OCH3 is 1. The molecule has 0 aliphatic carbocycles. The van der Waals surface area contributed by atoms with E-state index in [-0.39, 0.29) is 5.78 Å². The zero-order valence-corrected chi connectivity index (χ0v) is 11.9. The van der Waals surface area contributed by atoms with Crippen molar-refractivity contribution in [1.29, 1.82) is 0 Å². The van der Waals surface area contributed by atoms with Crippen LogP contribution in [0.1, 0.15) is 35.4 Å². The zero-order valence-electron chi connectivity index (χ0n) is 11.9. The molecule has 108 valence electrons. The van der Waals surface area contributed by atoms with Crippen LogP contribution in [0.4, 0.5) is 0 Å². The third-order valence-corrected chi connectivity index (χ3v) is 3.06. The summed E-state index contributed by atoms with van der Waals surface area (Å²) in [6.45, 7) is 2.66. The molecule has 0 saturated heterocycles. The van der Waals surface area contributed by atoms with Gasteiger partial charge < -0.3 is 10.5 Å². The number of aromatic nitrogens is 4. The summed E-state index contributed by atoms with van der Waals surface area (Å²) in [6, 6.07) is -0.773. The number of nitrogens with zero attached hydrogens (tertiary/aromatic N) is 4. The SMILES string of the molecule is CCCn1ncc(OC)c1C(=O)C(N)c1cnn(C)c1. The van der Waals surface area contributed by atoms with Crippen molar-refractivity contribution in [3.8, 4) is 5.75 Å². The van der Waals surface area contributed by atoms with Crippen molar-refractivity contribution in [2.24, 2.45) is 12.8 Å². The summed E-state index contributed by atoms with van der Waals surface area (Å²) in [5, 5.41) is 8.21. The highest BCUT2D eigenvalue weighted by molar-refractivity contribution is 6.01. The van der Waals surface area contributed by atoms with Crippen molar-refractivity contribution in [1.82, 2.24) is 19.6 Å². The van der Waals surface area contributed by atoms with E-state index in [2.05, 4.69) is 10.2 Å². The molecule has 1 atom stereocenters. The molecule has 7 nitrogen and oxygen atoms in total. The maximum atomic E-state index is 12.6. The third-order valence-electron chi connectivity index (χ3n) is 3.06. The van der Waals surface area contributed by atoms with Gasteiger partial charge in [0.25, 0.3) is 0 Å². The smallest absolute Gasteiger partial charge is 0.205 e. The van der Waals surface area contributed by atoms with Crippen molar-refractivity contribution in [3.05, 3.63) is 29.8 Å². The topological polar surface area (TPSA) is 88.0 Å². The molecule has 0 saturated carbocycles. The van der Waals surface area contributed by atoms with Crippen molar-refractivity contribution in [2.45, 2.75) is 25.9 Å². The molecule has 1 unspecified atom stereocenters. The van der Waals surface area contributed by atoms with Gasteiger partial charge in [0.05, 0.1) is 25.5 Å². The number of rotatable bonds is 6. The normalized spacial score (nSPS) is 12.4. The molecule has 0 bridgehead atoms. The van der Waals surface area contributed by atoms with E-state index in [1.165, 1.54) is 7.11 Å². The number of ether oxygens (including phenoxy) is 1. The Bertz CT molecular complexity index is 602. The molecule has 0 amide bonds. The summed E-state index contributed by atoms with van der Waals surface area (Å²) < 4.78 is 8.45. The van der Waals surface area contributed by atoms with E-state index in [4.69, 9.17) is 10.5 Å². The molecule has 2 aromatic rings. The molecule has 2 heterocycles. The average molecular weight is 277 g/mol. The van der Waals surface area contributed by atoms with E-state index in [0.717, 1.165) is 6.42 Å². The largest absolute Gasteiger partial charge is 0.493 e. The van der Waals surface area contributed by atoms with Crippen LogP contribution >= 0.6 is 0 Å². The Morgan fingerprint density at radius 1 is 1.45 bits per heavy atom. The lowest BCUT2D eigenvalue weighted by Gasteiger charge is -2.11. The van der Waals surface area contributed by atoms with E-state index >= 15 is 0 Å². The maximum absolute atomic E-state index is 12.6. The first-order valence-corrected chi connectivity index (χ1v) is 6.46. The van der Waals surface area contributed by atoms with Gasteiger partial charge in [-0.1, -0.05) is 6.92 Å². The van der Waals surface area contributed by atoms with Gasteiger partial charge in [-0.2, -0.15) is 10.2 Å². The molecule has 2 N–H and O–H groups in total. The molecule has 0 spiro atoms. The Morgan fingerprint density at radius 3 is 2.75 bits per heavy atom. The van der Waals surface area contributed by atoms with Crippen molar-refractivity contribution < 1.29 is 9.53 Å². The first-order chi connectivity index (χ1) is 9.58. The Kier molecular flexibility index (Phi) is 4.19. The highest BCUT2D eigenvalue weighted by Gasteiger charge is 2.26. The monoisotopic (exact) mass is 277 g/mol. The summed E-state index contributed by atoms with van der Waals surface area (Å²) in [6.07, 6.45) is 5.73. The Labute approximate surface area is 117 Å². The number of carbonyl (C=O) groups is 1. The molecule has 0 aliphatic rings. The van der Waals surface area contributed by atoms with Crippen LogP contribution < -0.4 is 10.5 Å². The molecule has 20 heavy (non-hydrogen) atoms. The Balaban J connectivity index is 2.34. The summed E-state index contributed by atoms with van der Waals surface area (Å²) >= 11 is 0. The number of nitrogens with two attached hydrogens (primary N) is 1. The number of carbonyl (C=O) groups excluding carboxylic acids is 1. The summed E-state index contributed by atoms with van der Waals surface area (Å²) in [5.41, 5.74) is 7.11. The van der Waals surface area contributed by atoms with Gasteiger partial charge in [-0.25, -0.2) is 0 Å². The molecule has 2 aromatic heterocycles. The van der Waals surface area contributed by atoms with Crippen LogP contribution in [-0.2, 0) is 13.6 Å². The van der Waals surface area contributed by atoms with Gasteiger partial charge in [0.2, 0.25) is 5.78 Å². The van der Waals surface area contributed by atoms with Gasteiger partial charge in [0, 0.05) is 25.4 Å². The number of hydrogen-bond acceptors (Lipinski definition) is 5. The Hall–Kier alpha value is -2.15. The lowest BCUT2D eigenvalue weighted by atomic mass is 10.0. The van der Waals surface area contributed by atoms with E-state index in [1.54, 1.807) is 35.0 Å². The van der Waals surface area contributed by atoms with Crippen LogP contribution in [0.3, 0.4) is 0 Å². The van der Waals surface area contributed by atoms with Crippen LogP contribution in [0.5, 0.6) is 5.75 Å². The van der Waals surface area contributed by atoms with Gasteiger partial charge in [0.15, 0.2) is 5.75 Å². The molecule has 7 heteroatoms. The summed E-state index contributed by atoms with van der Waals surface area (Å²) in [5.74, 6) is 0.226. The fraction of sp³-hybridized carbons (Fsp3) is 0.462. The standard InChI is InChI=1S/C13H19N5O2/c1-4-5-18-12(10(20-3)7-16-18)13(19)11(14)9-6-15-17(2)8-9/h6-8,11H,4-5,14H2,1-3H3. The second kappa shape index (κ2) is 5.87. The molecular weight excluding hydrogens is 258 g/mol. The predicted octanol–water partition coefficient (Wildman–Crippen LogP) is 0.918. The highest BCUT2D eigenvalue weighted by Crippen LogP contribution is 2.23. The molecule has 0 fully saturated rings. The molecule has 0 radical (unpaired) electrons. The number of Topliss-reactive ketones (excluding diaryl/α,β-unsaturated/α-hetero) is 1. The minimum atomic E-state index is -0.773. The van der Waals surface area contributed by atoms with Gasteiger partial charge in [0.1, 0.15) is 5.69 Å². The summed E-state index contributed by atoms with van der Waals surface area (Å²) in [7, 11) is 3.29. The van der Waals surface area contributed by atoms with Crippen molar-refractivity contribution in [3.63, 3.8) is 0 Å². The van der Waals surface area contributed by atoms with Gasteiger partial charge in [-0.3, -0.25) is 14.2 Å². The van der Waals surface area contributed by atoms with E-state index in [0.29, 0.717) is 23.6 Å². The lowest BCUT2D eigenvalue weighted by Crippen LogP contribution is -2.24. The van der Waals surface area contributed by atoms with E-state index in [1.807, 2.05) is 6.92 Å². The van der Waals surface area contributed by atoms with Crippen LogP contribution in [0, 0.1) is 0 Å². The van der Waals surface area contributed by atoms with E-state index in [9.17, 15) is 4.79 Å². The number of ketones is 1. The fourth-order valence-electron chi connectivity index (χ4n) is 2.05. The quantitative estimate of drug-likeness (QED) is 0.793. The first-order valence-electron chi connectivity index (χ1n) is 6.46. The number of hydrogen-bond donors (Lipinski definition) is 1. The molecule has 0 aromatic carbocycles. The highest BCUT2D eigenvalue weighted by atomic mass is 16.5. The van der Waals surface area contributed by atoms with Crippen LogP contribution in [0.2, 0.25) is 0 Å². The third kappa shape index (κ3) is 2.57. The molecular formula is C13H19N5O2. The van der Waals surface area contributed by atoms with Gasteiger partial charge in [-0.15, -0.1) is 0 Å². The predicted molar refractivity (Wildman–Crippen MR) is 73.5 cm³/mol. The number of aryl methyl sites for hydroxylation is 2. The first kappa shape index (κ1) is 14.3. The van der Waals surface area contributed by atoms with Crippen LogP contribution in [-0.4, -0.2) is 32.5 Å². The minimum absolute atomic E-state index is 0.221. The lowest BCUT2D eigenvalue weighted by molar-refractivity contribution is 0.0947.